The minimum absolute atomic E-state index is 0.0506. The number of hydrogen-bond donors (Lipinski definition) is 0. The molecule has 1 saturated heterocycles. The molecule has 2 aliphatic rings. The van der Waals surface area contributed by atoms with Crippen molar-refractivity contribution < 1.29 is 14.1 Å². The highest BCUT2D eigenvalue weighted by Crippen LogP contribution is 2.30. The van der Waals surface area contributed by atoms with Crippen molar-refractivity contribution in [3.05, 3.63) is 41.5 Å². The molecule has 6 heteroatoms. The number of piperidine rings is 1. The van der Waals surface area contributed by atoms with Crippen LogP contribution in [0.3, 0.4) is 0 Å². The minimum atomic E-state index is 0.0506. The summed E-state index contributed by atoms with van der Waals surface area (Å²) < 4.78 is 11.0. The Kier molecular flexibility index (Phi) is 4.42. The van der Waals surface area contributed by atoms with Gasteiger partial charge in [0, 0.05) is 18.7 Å². The third-order valence-electron chi connectivity index (χ3n) is 4.89. The molecule has 1 aliphatic heterocycles. The number of likely N-dealkylation sites (tertiary alicyclic amines) is 1. The van der Waals surface area contributed by atoms with Gasteiger partial charge < -0.3 is 14.2 Å². The van der Waals surface area contributed by atoms with Gasteiger partial charge in [0.15, 0.2) is 5.82 Å². The van der Waals surface area contributed by atoms with Crippen LogP contribution in [0.1, 0.15) is 53.7 Å². The summed E-state index contributed by atoms with van der Waals surface area (Å²) in [6.07, 6.45) is 4.46. The lowest BCUT2D eigenvalue weighted by Gasteiger charge is -2.31. The van der Waals surface area contributed by atoms with Crippen LogP contribution in [0.5, 0.6) is 5.75 Å². The van der Waals surface area contributed by atoms with E-state index < -0.39 is 0 Å². The second kappa shape index (κ2) is 6.86. The molecule has 4 rings (SSSR count). The van der Waals surface area contributed by atoms with Crippen LogP contribution in [-0.4, -0.2) is 40.6 Å². The van der Waals surface area contributed by atoms with Crippen LogP contribution in [0.4, 0.5) is 0 Å². The Bertz CT molecular complexity index is 737. The van der Waals surface area contributed by atoms with E-state index in [0.29, 0.717) is 23.8 Å². The maximum Gasteiger partial charge on any atom is 0.253 e. The average molecular weight is 341 g/mol. The number of aryl methyl sites for hydroxylation is 1. The molecule has 0 N–H and O–H groups in total. The monoisotopic (exact) mass is 341 g/mol. The Hall–Kier alpha value is -2.37. The van der Waals surface area contributed by atoms with Crippen LogP contribution in [0.25, 0.3) is 0 Å². The van der Waals surface area contributed by atoms with Gasteiger partial charge in [0.05, 0.1) is 12.5 Å². The number of rotatable bonds is 5. The van der Waals surface area contributed by atoms with Gasteiger partial charge in [-0.25, -0.2) is 0 Å². The van der Waals surface area contributed by atoms with Crippen molar-refractivity contribution in [2.45, 2.75) is 38.5 Å². The zero-order valence-corrected chi connectivity index (χ0v) is 14.5. The predicted molar refractivity (Wildman–Crippen MR) is 91.6 cm³/mol. The van der Waals surface area contributed by atoms with Crippen molar-refractivity contribution in [3.63, 3.8) is 0 Å². The van der Waals surface area contributed by atoms with Gasteiger partial charge in [-0.05, 0) is 62.8 Å². The number of aromatic nitrogens is 2. The predicted octanol–water partition coefficient (Wildman–Crippen LogP) is 3.19. The third-order valence-corrected chi connectivity index (χ3v) is 4.89. The molecule has 1 atom stereocenters. The van der Waals surface area contributed by atoms with Crippen LogP contribution < -0.4 is 4.74 Å². The number of hydrogen-bond acceptors (Lipinski definition) is 5. The molecule has 0 bridgehead atoms. The zero-order chi connectivity index (χ0) is 17.2. The molecule has 25 heavy (non-hydrogen) atoms. The highest BCUT2D eigenvalue weighted by atomic mass is 16.5. The van der Waals surface area contributed by atoms with E-state index in [0.717, 1.165) is 37.7 Å². The second-order valence-corrected chi connectivity index (χ2v) is 7.05. The zero-order valence-electron chi connectivity index (χ0n) is 14.5. The summed E-state index contributed by atoms with van der Waals surface area (Å²) in [7, 11) is 0. The first kappa shape index (κ1) is 16.1. The van der Waals surface area contributed by atoms with E-state index in [1.807, 2.05) is 36.1 Å². The summed E-state index contributed by atoms with van der Waals surface area (Å²) in [5.41, 5.74) is 0.695. The van der Waals surface area contributed by atoms with Gasteiger partial charge in [0.2, 0.25) is 5.89 Å². The summed E-state index contributed by atoms with van der Waals surface area (Å²) in [5.74, 6) is 3.01. The van der Waals surface area contributed by atoms with Crippen LogP contribution in [0.15, 0.2) is 28.8 Å². The van der Waals surface area contributed by atoms with Crippen molar-refractivity contribution in [2.24, 2.45) is 5.92 Å². The third kappa shape index (κ3) is 3.83. The van der Waals surface area contributed by atoms with E-state index in [9.17, 15) is 4.79 Å². The molecule has 0 unspecified atom stereocenters. The topological polar surface area (TPSA) is 68.5 Å². The maximum absolute atomic E-state index is 12.8. The molecule has 2 heterocycles. The van der Waals surface area contributed by atoms with Gasteiger partial charge >= 0.3 is 0 Å². The van der Waals surface area contributed by atoms with E-state index in [4.69, 9.17) is 9.26 Å². The first-order chi connectivity index (χ1) is 12.2. The van der Waals surface area contributed by atoms with Crippen molar-refractivity contribution in [1.29, 1.82) is 0 Å². The van der Waals surface area contributed by atoms with Crippen LogP contribution in [0, 0.1) is 12.8 Å². The Balaban J connectivity index is 1.39. The number of benzene rings is 1. The Morgan fingerprint density at radius 1 is 1.28 bits per heavy atom. The van der Waals surface area contributed by atoms with Crippen molar-refractivity contribution >= 4 is 5.91 Å². The average Bonchev–Trinajstić information content (AvgIpc) is 3.39. The first-order valence-corrected chi connectivity index (χ1v) is 9.01. The summed E-state index contributed by atoms with van der Waals surface area (Å²) in [6.45, 7) is 3.99. The van der Waals surface area contributed by atoms with Gasteiger partial charge in [-0.1, -0.05) is 5.16 Å². The minimum Gasteiger partial charge on any atom is -0.493 e. The lowest BCUT2D eigenvalue weighted by Crippen LogP contribution is -2.39. The molecule has 1 aromatic heterocycles. The highest BCUT2D eigenvalue weighted by molar-refractivity contribution is 5.94. The van der Waals surface area contributed by atoms with E-state index in [-0.39, 0.29) is 11.8 Å². The summed E-state index contributed by atoms with van der Waals surface area (Å²) >= 11 is 0. The highest BCUT2D eigenvalue weighted by Gasteiger charge is 2.29. The van der Waals surface area contributed by atoms with E-state index in [1.165, 1.54) is 12.8 Å². The standard InChI is InChI=1S/C19H23N3O3/c1-13-20-18(25-21-13)16-3-2-10-22(11-16)19(23)15-6-8-17(9-7-15)24-12-14-4-5-14/h6-9,14,16H,2-5,10-12H2,1H3/t16-/m0/s1. The van der Waals surface area contributed by atoms with E-state index in [2.05, 4.69) is 10.1 Å². The Morgan fingerprint density at radius 2 is 2.08 bits per heavy atom. The number of ether oxygens (including phenoxy) is 1. The van der Waals surface area contributed by atoms with Crippen LogP contribution >= 0.6 is 0 Å². The van der Waals surface area contributed by atoms with Crippen molar-refractivity contribution in [1.82, 2.24) is 15.0 Å². The normalized spacial score (nSPS) is 20.5. The molecule has 0 radical (unpaired) electrons. The number of amides is 1. The molecule has 132 valence electrons. The lowest BCUT2D eigenvalue weighted by atomic mass is 9.97. The quantitative estimate of drug-likeness (QED) is 0.835. The smallest absolute Gasteiger partial charge is 0.253 e. The number of carbonyl (C=O) groups excluding carboxylic acids is 1. The summed E-state index contributed by atoms with van der Waals surface area (Å²) in [5, 5.41) is 3.86. The maximum atomic E-state index is 12.8. The van der Waals surface area contributed by atoms with Gasteiger partial charge in [-0.2, -0.15) is 4.98 Å². The van der Waals surface area contributed by atoms with E-state index >= 15 is 0 Å². The van der Waals surface area contributed by atoms with Gasteiger partial charge in [-0.3, -0.25) is 4.79 Å². The molecule has 2 aromatic rings. The summed E-state index contributed by atoms with van der Waals surface area (Å²) in [6, 6.07) is 7.48. The molecule has 6 nitrogen and oxygen atoms in total. The molecule has 2 fully saturated rings. The largest absolute Gasteiger partial charge is 0.493 e. The molecular formula is C19H23N3O3. The summed E-state index contributed by atoms with van der Waals surface area (Å²) in [4.78, 5) is 19.0. The fraction of sp³-hybridized carbons (Fsp3) is 0.526. The molecule has 1 amide bonds. The van der Waals surface area contributed by atoms with Gasteiger partial charge in [-0.15, -0.1) is 0 Å². The SMILES string of the molecule is Cc1noc([C@H]2CCCN(C(=O)c3ccc(OCC4CC4)cc3)C2)n1. The van der Waals surface area contributed by atoms with Gasteiger partial charge in [0.25, 0.3) is 5.91 Å². The lowest BCUT2D eigenvalue weighted by molar-refractivity contribution is 0.0695. The fourth-order valence-electron chi connectivity index (χ4n) is 3.22. The molecule has 0 spiro atoms. The number of nitrogens with zero attached hydrogens (tertiary/aromatic N) is 3. The van der Waals surface area contributed by atoms with E-state index in [1.54, 1.807) is 0 Å². The number of carbonyl (C=O) groups is 1. The second-order valence-electron chi connectivity index (χ2n) is 7.05. The molecule has 1 aromatic carbocycles. The Labute approximate surface area is 147 Å². The first-order valence-electron chi connectivity index (χ1n) is 9.01. The molecule has 1 aliphatic carbocycles. The Morgan fingerprint density at radius 3 is 2.76 bits per heavy atom. The molecular weight excluding hydrogens is 318 g/mol. The van der Waals surface area contributed by atoms with Crippen LogP contribution in [0.2, 0.25) is 0 Å². The van der Waals surface area contributed by atoms with Crippen LogP contribution in [-0.2, 0) is 0 Å². The van der Waals surface area contributed by atoms with Crippen molar-refractivity contribution in [2.75, 3.05) is 19.7 Å². The van der Waals surface area contributed by atoms with Crippen molar-refractivity contribution in [3.8, 4) is 5.75 Å². The van der Waals surface area contributed by atoms with Gasteiger partial charge in [0.1, 0.15) is 5.75 Å². The fourth-order valence-corrected chi connectivity index (χ4v) is 3.22. The molecule has 1 saturated carbocycles.